The summed E-state index contributed by atoms with van der Waals surface area (Å²) in [5.41, 5.74) is -0.364. The van der Waals surface area contributed by atoms with Crippen LogP contribution in [0.3, 0.4) is 0 Å². The Kier molecular flexibility index (Phi) is 3.77. The number of carbonyl (C=O) groups is 1. The van der Waals surface area contributed by atoms with Crippen LogP contribution in [0.1, 0.15) is 15.9 Å². The third-order valence-electron chi connectivity index (χ3n) is 2.69. The number of carboxylic acids is 1. The molecule has 0 saturated heterocycles. The summed E-state index contributed by atoms with van der Waals surface area (Å²) in [6.45, 7) is 0. The predicted octanol–water partition coefficient (Wildman–Crippen LogP) is 1.37. The molecule has 9 heteroatoms. The molecule has 1 N–H and O–H groups in total. The average molecular weight is 316 g/mol. The molecule has 1 aromatic carbocycles. The number of halogens is 2. The van der Waals surface area contributed by atoms with Gasteiger partial charge in [-0.15, -0.1) is 0 Å². The molecule has 0 aliphatic rings. The molecule has 0 fully saturated rings. The van der Waals surface area contributed by atoms with Crippen LogP contribution in [0.15, 0.2) is 29.4 Å². The Morgan fingerprint density at radius 1 is 1.38 bits per heavy atom. The highest BCUT2D eigenvalue weighted by Gasteiger charge is 2.25. The predicted molar refractivity (Wildman–Crippen MR) is 67.4 cm³/mol. The van der Waals surface area contributed by atoms with Crippen molar-refractivity contribution in [1.82, 2.24) is 9.78 Å². The molecule has 21 heavy (non-hydrogen) atoms. The van der Waals surface area contributed by atoms with Crippen LogP contribution in [0.5, 0.6) is 0 Å². The largest absolute Gasteiger partial charge is 0.478 e. The third kappa shape index (κ3) is 3.07. The second kappa shape index (κ2) is 5.24. The van der Waals surface area contributed by atoms with Crippen LogP contribution in [0.25, 0.3) is 0 Å². The van der Waals surface area contributed by atoms with Gasteiger partial charge in [0.2, 0.25) is 0 Å². The summed E-state index contributed by atoms with van der Waals surface area (Å²) < 4.78 is 52.6. The fraction of sp³-hybridized carbons (Fsp3) is 0.167. The Morgan fingerprint density at radius 3 is 2.57 bits per heavy atom. The molecule has 0 aliphatic heterocycles. The summed E-state index contributed by atoms with van der Waals surface area (Å²) in [6, 6.07) is 1.03. The van der Waals surface area contributed by atoms with E-state index in [1.807, 2.05) is 0 Å². The molecule has 0 bridgehead atoms. The van der Waals surface area contributed by atoms with Crippen LogP contribution in [-0.4, -0.2) is 29.3 Å². The van der Waals surface area contributed by atoms with Crippen molar-refractivity contribution in [3.05, 3.63) is 47.3 Å². The fourth-order valence-electron chi connectivity index (χ4n) is 1.76. The number of rotatable bonds is 4. The van der Waals surface area contributed by atoms with Crippen molar-refractivity contribution < 1.29 is 27.1 Å². The van der Waals surface area contributed by atoms with Gasteiger partial charge in [0.05, 0.1) is 17.5 Å². The maximum Gasteiger partial charge on any atom is 0.335 e. The van der Waals surface area contributed by atoms with Crippen molar-refractivity contribution >= 4 is 15.8 Å². The number of hydrogen-bond donors (Lipinski definition) is 1. The summed E-state index contributed by atoms with van der Waals surface area (Å²) in [6.07, 6.45) is 2.68. The summed E-state index contributed by atoms with van der Waals surface area (Å²) >= 11 is 0. The Balaban J connectivity index is 2.51. The molecule has 1 aromatic heterocycles. The highest BCUT2D eigenvalue weighted by molar-refractivity contribution is 7.90. The molecule has 0 saturated carbocycles. The van der Waals surface area contributed by atoms with Crippen LogP contribution in [0.4, 0.5) is 8.78 Å². The van der Waals surface area contributed by atoms with Gasteiger partial charge < -0.3 is 5.11 Å². The van der Waals surface area contributed by atoms with Gasteiger partial charge in [-0.3, -0.25) is 4.68 Å². The van der Waals surface area contributed by atoms with Gasteiger partial charge in [-0.25, -0.2) is 22.0 Å². The van der Waals surface area contributed by atoms with E-state index in [1.165, 1.54) is 17.1 Å². The molecule has 0 spiro atoms. The molecule has 6 nitrogen and oxygen atoms in total. The minimum atomic E-state index is -4.24. The number of carboxylic acid groups (broad SMARTS) is 1. The second-order valence-corrected chi connectivity index (χ2v) is 6.31. The number of sulfone groups is 1. The van der Waals surface area contributed by atoms with Gasteiger partial charge in [0.15, 0.2) is 21.5 Å². The van der Waals surface area contributed by atoms with Crippen LogP contribution in [0, 0.1) is 11.6 Å². The lowest BCUT2D eigenvalue weighted by Crippen LogP contribution is -2.11. The minimum absolute atomic E-state index is 0.276. The number of aromatic carboxylic acids is 1. The summed E-state index contributed by atoms with van der Waals surface area (Å²) in [5, 5.41) is 12.6. The Bertz CT molecular complexity index is 815. The first kappa shape index (κ1) is 15.1. The van der Waals surface area contributed by atoms with E-state index in [0.717, 1.165) is 0 Å². The van der Waals surface area contributed by atoms with E-state index in [4.69, 9.17) is 5.11 Å². The molecular weight excluding hydrogens is 306 g/mol. The summed E-state index contributed by atoms with van der Waals surface area (Å²) in [7, 11) is -2.67. The van der Waals surface area contributed by atoms with E-state index in [2.05, 4.69) is 5.10 Å². The van der Waals surface area contributed by atoms with Crippen molar-refractivity contribution in [3.63, 3.8) is 0 Å². The number of aromatic nitrogens is 2. The Labute approximate surface area is 118 Å². The highest BCUT2D eigenvalue weighted by Crippen LogP contribution is 2.23. The van der Waals surface area contributed by atoms with Gasteiger partial charge in [-0.1, -0.05) is 0 Å². The normalized spacial score (nSPS) is 11.6. The summed E-state index contributed by atoms with van der Waals surface area (Å²) in [5.74, 6) is -5.28. The van der Waals surface area contributed by atoms with Gasteiger partial charge in [0.1, 0.15) is 4.90 Å². The molecule has 0 atom stereocenters. The molecule has 0 amide bonds. The quantitative estimate of drug-likeness (QED) is 0.920. The van der Waals surface area contributed by atoms with Crippen molar-refractivity contribution in [3.8, 4) is 0 Å². The molecule has 0 aliphatic carbocycles. The number of benzene rings is 1. The maximum atomic E-state index is 13.7. The van der Waals surface area contributed by atoms with Gasteiger partial charge in [-0.05, 0) is 12.1 Å². The van der Waals surface area contributed by atoms with E-state index in [-0.39, 0.29) is 5.56 Å². The van der Waals surface area contributed by atoms with Crippen LogP contribution >= 0.6 is 0 Å². The molecular formula is C12H10F2N2O4S. The smallest absolute Gasteiger partial charge is 0.335 e. The lowest BCUT2D eigenvalue weighted by atomic mass is 10.2. The molecule has 0 unspecified atom stereocenters. The summed E-state index contributed by atoms with van der Waals surface area (Å²) in [4.78, 5) is 9.83. The topological polar surface area (TPSA) is 89.3 Å². The molecule has 0 radical (unpaired) electrons. The van der Waals surface area contributed by atoms with Crippen molar-refractivity contribution in [2.45, 2.75) is 10.6 Å². The number of aryl methyl sites for hydroxylation is 1. The average Bonchev–Trinajstić information content (AvgIpc) is 2.76. The monoisotopic (exact) mass is 316 g/mol. The zero-order valence-electron chi connectivity index (χ0n) is 10.7. The lowest BCUT2D eigenvalue weighted by Gasteiger charge is -2.07. The highest BCUT2D eigenvalue weighted by atomic mass is 32.2. The molecule has 112 valence electrons. The second-order valence-electron chi connectivity index (χ2n) is 4.36. The minimum Gasteiger partial charge on any atom is -0.478 e. The fourth-order valence-corrected chi connectivity index (χ4v) is 3.18. The first-order valence-corrected chi connectivity index (χ1v) is 7.28. The van der Waals surface area contributed by atoms with Crippen LogP contribution < -0.4 is 0 Å². The Hall–Kier alpha value is -2.29. The lowest BCUT2D eigenvalue weighted by molar-refractivity contribution is 0.0696. The first-order valence-electron chi connectivity index (χ1n) is 5.63. The van der Waals surface area contributed by atoms with Crippen LogP contribution in [0.2, 0.25) is 0 Å². The van der Waals surface area contributed by atoms with Crippen molar-refractivity contribution in [2.24, 2.45) is 7.05 Å². The first-order chi connectivity index (χ1) is 9.70. The van der Waals surface area contributed by atoms with E-state index in [9.17, 15) is 22.0 Å². The molecule has 2 rings (SSSR count). The van der Waals surface area contributed by atoms with Gasteiger partial charge in [-0.2, -0.15) is 5.10 Å². The SMILES string of the molecule is Cn1cc(CS(=O)(=O)c2cc(C(=O)O)cc(F)c2F)cn1. The maximum absolute atomic E-state index is 13.7. The van der Waals surface area contributed by atoms with Gasteiger partial charge in [0.25, 0.3) is 0 Å². The molecule has 1 heterocycles. The Morgan fingerprint density at radius 2 is 2.05 bits per heavy atom. The van der Waals surface area contributed by atoms with Crippen molar-refractivity contribution in [1.29, 1.82) is 0 Å². The van der Waals surface area contributed by atoms with Crippen molar-refractivity contribution in [2.75, 3.05) is 0 Å². The van der Waals surface area contributed by atoms with E-state index < -0.39 is 43.7 Å². The standard InChI is InChI=1S/C12H10F2N2O4S/c1-16-5-7(4-15-16)6-21(19,20)10-3-8(12(17)18)2-9(13)11(10)14/h2-5H,6H2,1H3,(H,17,18). The zero-order valence-corrected chi connectivity index (χ0v) is 11.6. The number of hydrogen-bond acceptors (Lipinski definition) is 4. The van der Waals surface area contributed by atoms with Gasteiger partial charge >= 0.3 is 5.97 Å². The van der Waals surface area contributed by atoms with Gasteiger partial charge in [0, 0.05) is 18.8 Å². The van der Waals surface area contributed by atoms with E-state index in [0.29, 0.717) is 12.1 Å². The third-order valence-corrected chi connectivity index (χ3v) is 4.37. The molecule has 2 aromatic rings. The zero-order chi connectivity index (χ0) is 15.8. The van der Waals surface area contributed by atoms with Crippen LogP contribution in [-0.2, 0) is 22.6 Å². The number of nitrogens with zero attached hydrogens (tertiary/aromatic N) is 2. The van der Waals surface area contributed by atoms with E-state index >= 15 is 0 Å². The van der Waals surface area contributed by atoms with E-state index in [1.54, 1.807) is 7.05 Å².